The standard InChI is InChI=1S/C11H24O.C3H6/c1-3-4-5-6-7-8-9-10-11-12-2;1-3-2/h3-11H2,1-2H3;3H,1H2,2H3. The second kappa shape index (κ2) is 19.3. The lowest BCUT2D eigenvalue weighted by atomic mass is 10.1. The molecule has 0 unspecified atom stereocenters. The average molecular weight is 214 g/mol. The Balaban J connectivity index is 0. The van der Waals surface area contributed by atoms with Crippen LogP contribution in [0, 0.1) is 0 Å². The Kier molecular flexibility index (Phi) is 22.0. The van der Waals surface area contributed by atoms with Crippen molar-refractivity contribution in [1.29, 1.82) is 0 Å². The largest absolute Gasteiger partial charge is 0.385 e. The van der Waals surface area contributed by atoms with E-state index in [1.54, 1.807) is 13.2 Å². The summed E-state index contributed by atoms with van der Waals surface area (Å²) in [6.07, 6.45) is 12.8. The Morgan fingerprint density at radius 2 is 1.33 bits per heavy atom. The van der Waals surface area contributed by atoms with Crippen LogP contribution in [0.2, 0.25) is 0 Å². The van der Waals surface area contributed by atoms with Gasteiger partial charge in [-0.2, -0.15) is 0 Å². The van der Waals surface area contributed by atoms with Crippen LogP contribution >= 0.6 is 0 Å². The first kappa shape index (κ1) is 17.1. The number of hydrogen-bond donors (Lipinski definition) is 0. The van der Waals surface area contributed by atoms with E-state index >= 15 is 0 Å². The van der Waals surface area contributed by atoms with Crippen molar-refractivity contribution in [1.82, 2.24) is 0 Å². The van der Waals surface area contributed by atoms with Gasteiger partial charge in [0.05, 0.1) is 0 Å². The molecular weight excluding hydrogens is 184 g/mol. The summed E-state index contributed by atoms with van der Waals surface area (Å²) in [7, 11) is 1.78. The number of rotatable bonds is 9. The third-order valence-electron chi connectivity index (χ3n) is 2.20. The molecule has 1 nitrogen and oxygen atoms in total. The van der Waals surface area contributed by atoms with Crippen LogP contribution in [0.1, 0.15) is 65.2 Å². The van der Waals surface area contributed by atoms with Crippen LogP contribution in [-0.2, 0) is 4.74 Å². The molecule has 92 valence electrons. The number of hydrogen-bond acceptors (Lipinski definition) is 1. The molecule has 0 heterocycles. The summed E-state index contributed by atoms with van der Waals surface area (Å²) in [5.41, 5.74) is 0. The molecule has 0 spiro atoms. The molecule has 0 rings (SSSR count). The van der Waals surface area contributed by atoms with Crippen molar-refractivity contribution in [3.05, 3.63) is 12.7 Å². The Labute approximate surface area is 96.9 Å². The molecule has 0 aliphatic rings. The van der Waals surface area contributed by atoms with Crippen LogP contribution in [0.3, 0.4) is 0 Å². The van der Waals surface area contributed by atoms with E-state index in [4.69, 9.17) is 4.74 Å². The first-order valence-electron chi connectivity index (χ1n) is 6.39. The minimum absolute atomic E-state index is 0.939. The molecular formula is C14H30O. The highest BCUT2D eigenvalue weighted by Gasteiger charge is 1.90. The zero-order chi connectivity index (χ0) is 11.8. The van der Waals surface area contributed by atoms with Gasteiger partial charge in [-0.1, -0.05) is 57.9 Å². The molecule has 0 fully saturated rings. The highest BCUT2D eigenvalue weighted by Crippen LogP contribution is 2.07. The second-order valence-electron chi connectivity index (χ2n) is 3.88. The molecule has 0 aromatic carbocycles. The van der Waals surface area contributed by atoms with Gasteiger partial charge in [-0.15, -0.1) is 6.58 Å². The second-order valence-corrected chi connectivity index (χ2v) is 3.88. The summed E-state index contributed by atoms with van der Waals surface area (Å²) in [5.74, 6) is 0. The molecule has 0 aromatic rings. The summed E-state index contributed by atoms with van der Waals surface area (Å²) in [6, 6.07) is 0. The van der Waals surface area contributed by atoms with Gasteiger partial charge in [0, 0.05) is 13.7 Å². The quantitative estimate of drug-likeness (QED) is 0.389. The fraction of sp³-hybridized carbons (Fsp3) is 0.857. The van der Waals surface area contributed by atoms with Gasteiger partial charge in [-0.25, -0.2) is 0 Å². The smallest absolute Gasteiger partial charge is 0.0462 e. The maximum atomic E-state index is 4.99. The Bertz CT molecular complexity index is 89.5. The molecule has 0 aromatic heterocycles. The van der Waals surface area contributed by atoms with E-state index in [-0.39, 0.29) is 0 Å². The molecule has 15 heavy (non-hydrogen) atoms. The van der Waals surface area contributed by atoms with Gasteiger partial charge in [0.2, 0.25) is 0 Å². The fourth-order valence-corrected chi connectivity index (χ4v) is 1.38. The van der Waals surface area contributed by atoms with Crippen LogP contribution in [0.25, 0.3) is 0 Å². The Morgan fingerprint density at radius 1 is 0.933 bits per heavy atom. The number of methoxy groups -OCH3 is 1. The van der Waals surface area contributed by atoms with E-state index in [9.17, 15) is 0 Å². The van der Waals surface area contributed by atoms with Gasteiger partial charge < -0.3 is 4.74 Å². The molecule has 0 radical (unpaired) electrons. The van der Waals surface area contributed by atoms with Crippen LogP contribution in [-0.4, -0.2) is 13.7 Å². The van der Waals surface area contributed by atoms with Crippen molar-refractivity contribution >= 4 is 0 Å². The third-order valence-corrected chi connectivity index (χ3v) is 2.20. The van der Waals surface area contributed by atoms with Crippen LogP contribution in [0.15, 0.2) is 12.7 Å². The van der Waals surface area contributed by atoms with E-state index in [0.717, 1.165) is 6.61 Å². The number of unbranched alkanes of at least 4 members (excludes halogenated alkanes) is 7. The minimum atomic E-state index is 0.939. The maximum Gasteiger partial charge on any atom is 0.0462 e. The Morgan fingerprint density at radius 3 is 1.73 bits per heavy atom. The average Bonchev–Trinajstić information content (AvgIpc) is 2.23. The lowest BCUT2D eigenvalue weighted by Crippen LogP contribution is -1.88. The van der Waals surface area contributed by atoms with Crippen LogP contribution < -0.4 is 0 Å². The van der Waals surface area contributed by atoms with Crippen molar-refractivity contribution in [2.24, 2.45) is 0 Å². The number of ether oxygens (including phenoxy) is 1. The summed E-state index contributed by atoms with van der Waals surface area (Å²) in [5, 5.41) is 0. The highest BCUT2D eigenvalue weighted by atomic mass is 16.5. The van der Waals surface area contributed by atoms with Crippen LogP contribution in [0.4, 0.5) is 0 Å². The van der Waals surface area contributed by atoms with Crippen molar-refractivity contribution < 1.29 is 4.74 Å². The monoisotopic (exact) mass is 214 g/mol. The predicted molar refractivity (Wildman–Crippen MR) is 70.4 cm³/mol. The van der Waals surface area contributed by atoms with Crippen molar-refractivity contribution in [2.45, 2.75) is 65.2 Å². The fourth-order valence-electron chi connectivity index (χ4n) is 1.38. The van der Waals surface area contributed by atoms with E-state index in [1.807, 2.05) is 6.92 Å². The van der Waals surface area contributed by atoms with Gasteiger partial charge in [0.15, 0.2) is 0 Å². The zero-order valence-corrected chi connectivity index (χ0v) is 11.1. The van der Waals surface area contributed by atoms with Gasteiger partial charge >= 0.3 is 0 Å². The SMILES string of the molecule is C=CC.CCCCCCCCCCOC. The van der Waals surface area contributed by atoms with E-state index < -0.39 is 0 Å². The zero-order valence-electron chi connectivity index (χ0n) is 11.1. The number of allylic oxidation sites excluding steroid dienone is 1. The minimum Gasteiger partial charge on any atom is -0.385 e. The summed E-state index contributed by atoms with van der Waals surface area (Å²) in [6.45, 7) is 8.45. The molecule has 0 aliphatic carbocycles. The van der Waals surface area contributed by atoms with Gasteiger partial charge in [-0.3, -0.25) is 0 Å². The third kappa shape index (κ3) is 24.8. The van der Waals surface area contributed by atoms with Crippen molar-refractivity contribution in [3.8, 4) is 0 Å². The molecule has 0 N–H and O–H groups in total. The van der Waals surface area contributed by atoms with E-state index in [2.05, 4.69) is 13.5 Å². The highest BCUT2D eigenvalue weighted by molar-refractivity contribution is 4.51. The molecule has 0 saturated heterocycles. The first-order chi connectivity index (χ1) is 7.33. The predicted octanol–water partition coefficient (Wildman–Crippen LogP) is 4.97. The lowest BCUT2D eigenvalue weighted by molar-refractivity contribution is 0.192. The normalized spacial score (nSPS) is 9.27. The van der Waals surface area contributed by atoms with Crippen LogP contribution in [0.5, 0.6) is 0 Å². The summed E-state index contributed by atoms with van der Waals surface area (Å²) >= 11 is 0. The van der Waals surface area contributed by atoms with Gasteiger partial charge in [0.25, 0.3) is 0 Å². The summed E-state index contributed by atoms with van der Waals surface area (Å²) < 4.78 is 4.99. The summed E-state index contributed by atoms with van der Waals surface area (Å²) in [4.78, 5) is 0. The van der Waals surface area contributed by atoms with E-state index in [0.29, 0.717) is 0 Å². The topological polar surface area (TPSA) is 9.23 Å². The molecule has 0 bridgehead atoms. The molecule has 1 heteroatoms. The molecule has 0 saturated carbocycles. The Hall–Kier alpha value is -0.300. The van der Waals surface area contributed by atoms with Gasteiger partial charge in [-0.05, 0) is 13.3 Å². The van der Waals surface area contributed by atoms with Crippen molar-refractivity contribution in [2.75, 3.05) is 13.7 Å². The molecule has 0 atom stereocenters. The molecule has 0 aliphatic heterocycles. The molecule has 0 amide bonds. The first-order valence-corrected chi connectivity index (χ1v) is 6.39. The van der Waals surface area contributed by atoms with E-state index in [1.165, 1.54) is 51.4 Å². The van der Waals surface area contributed by atoms with Crippen molar-refractivity contribution in [3.63, 3.8) is 0 Å². The lowest BCUT2D eigenvalue weighted by Gasteiger charge is -2.00. The maximum absolute atomic E-state index is 4.99. The van der Waals surface area contributed by atoms with Gasteiger partial charge in [0.1, 0.15) is 0 Å².